The molecule has 13 heavy (non-hydrogen) atoms. The van der Waals surface area contributed by atoms with Gasteiger partial charge in [-0.3, -0.25) is 0 Å². The highest BCUT2D eigenvalue weighted by molar-refractivity contribution is 5.05. The van der Waals surface area contributed by atoms with Crippen molar-refractivity contribution in [3.05, 3.63) is 17.8 Å². The van der Waals surface area contributed by atoms with Gasteiger partial charge in [-0.25, -0.2) is 4.98 Å². The number of nitrogens with two attached hydrogens (primary N) is 1. The van der Waals surface area contributed by atoms with Crippen LogP contribution in [-0.4, -0.2) is 24.7 Å². The third kappa shape index (κ3) is 1.89. The van der Waals surface area contributed by atoms with Crippen molar-refractivity contribution in [3.63, 3.8) is 0 Å². The summed E-state index contributed by atoms with van der Waals surface area (Å²) in [5.74, 6) is 1.17. The standard InChI is InChI=1S/C9H14N2O2/c10-3-1-9-11-8(6-13-9)7-2-4-12-5-7/h6-7H,1-5,10H2. The lowest BCUT2D eigenvalue weighted by Gasteiger charge is -1.99. The van der Waals surface area contributed by atoms with E-state index in [0.29, 0.717) is 18.9 Å². The zero-order valence-corrected chi connectivity index (χ0v) is 7.53. The Morgan fingerprint density at radius 1 is 1.62 bits per heavy atom. The van der Waals surface area contributed by atoms with E-state index in [9.17, 15) is 0 Å². The molecule has 1 atom stereocenters. The van der Waals surface area contributed by atoms with Crippen LogP contribution in [0.3, 0.4) is 0 Å². The molecule has 2 heterocycles. The third-order valence-corrected chi connectivity index (χ3v) is 2.28. The Balaban J connectivity index is 2.03. The molecule has 1 saturated heterocycles. The number of hydrogen-bond donors (Lipinski definition) is 1. The Morgan fingerprint density at radius 3 is 3.23 bits per heavy atom. The summed E-state index contributed by atoms with van der Waals surface area (Å²) in [6, 6.07) is 0. The summed E-state index contributed by atoms with van der Waals surface area (Å²) in [5, 5.41) is 0. The van der Waals surface area contributed by atoms with E-state index in [1.165, 1.54) is 0 Å². The summed E-state index contributed by atoms with van der Waals surface area (Å²) < 4.78 is 10.5. The van der Waals surface area contributed by atoms with Crippen molar-refractivity contribution in [2.24, 2.45) is 5.73 Å². The molecule has 0 spiro atoms. The summed E-state index contributed by atoms with van der Waals surface area (Å²) in [5.41, 5.74) is 6.41. The van der Waals surface area contributed by atoms with E-state index in [4.69, 9.17) is 14.9 Å². The molecule has 0 radical (unpaired) electrons. The molecule has 0 aliphatic carbocycles. The molecular formula is C9H14N2O2. The number of ether oxygens (including phenoxy) is 1. The Bertz CT molecular complexity index is 266. The van der Waals surface area contributed by atoms with E-state index in [2.05, 4.69) is 4.98 Å². The van der Waals surface area contributed by atoms with E-state index in [1.54, 1.807) is 6.26 Å². The summed E-state index contributed by atoms with van der Waals surface area (Å²) in [6.07, 6.45) is 3.49. The molecule has 0 aromatic carbocycles. The maximum atomic E-state index is 5.40. The van der Waals surface area contributed by atoms with Crippen LogP contribution in [0.1, 0.15) is 23.9 Å². The van der Waals surface area contributed by atoms with Gasteiger partial charge < -0.3 is 14.9 Å². The highest BCUT2D eigenvalue weighted by Gasteiger charge is 2.20. The van der Waals surface area contributed by atoms with E-state index in [0.717, 1.165) is 31.2 Å². The minimum atomic E-state index is 0.426. The first-order chi connectivity index (χ1) is 6.40. The van der Waals surface area contributed by atoms with Gasteiger partial charge in [-0.2, -0.15) is 0 Å². The van der Waals surface area contributed by atoms with Crippen LogP contribution >= 0.6 is 0 Å². The van der Waals surface area contributed by atoms with Crippen molar-refractivity contribution in [2.75, 3.05) is 19.8 Å². The predicted octanol–water partition coefficient (Wildman–Crippen LogP) is 0.680. The van der Waals surface area contributed by atoms with Crippen molar-refractivity contribution < 1.29 is 9.15 Å². The molecule has 1 aliphatic rings. The fourth-order valence-corrected chi connectivity index (χ4v) is 1.52. The highest BCUT2D eigenvalue weighted by atomic mass is 16.5. The number of rotatable bonds is 3. The Hall–Kier alpha value is -0.870. The maximum Gasteiger partial charge on any atom is 0.195 e. The monoisotopic (exact) mass is 182 g/mol. The first-order valence-electron chi connectivity index (χ1n) is 4.62. The first-order valence-corrected chi connectivity index (χ1v) is 4.62. The molecule has 1 aliphatic heterocycles. The van der Waals surface area contributed by atoms with Gasteiger partial charge in [0.05, 0.1) is 12.3 Å². The number of aromatic nitrogens is 1. The van der Waals surface area contributed by atoms with E-state index in [1.807, 2.05) is 0 Å². The van der Waals surface area contributed by atoms with Crippen molar-refractivity contribution in [1.29, 1.82) is 0 Å². The van der Waals surface area contributed by atoms with Crippen LogP contribution in [-0.2, 0) is 11.2 Å². The van der Waals surface area contributed by atoms with Gasteiger partial charge in [-0.1, -0.05) is 0 Å². The van der Waals surface area contributed by atoms with Gasteiger partial charge in [0.25, 0.3) is 0 Å². The van der Waals surface area contributed by atoms with Crippen molar-refractivity contribution >= 4 is 0 Å². The van der Waals surface area contributed by atoms with E-state index >= 15 is 0 Å². The van der Waals surface area contributed by atoms with Crippen LogP contribution < -0.4 is 5.73 Å². The molecule has 4 heteroatoms. The molecular weight excluding hydrogens is 168 g/mol. The molecule has 72 valence electrons. The van der Waals surface area contributed by atoms with Gasteiger partial charge >= 0.3 is 0 Å². The van der Waals surface area contributed by atoms with Crippen LogP contribution in [0.4, 0.5) is 0 Å². The smallest absolute Gasteiger partial charge is 0.195 e. The number of oxazole rings is 1. The maximum absolute atomic E-state index is 5.40. The molecule has 0 bridgehead atoms. The van der Waals surface area contributed by atoms with Gasteiger partial charge in [0.15, 0.2) is 5.89 Å². The van der Waals surface area contributed by atoms with Gasteiger partial charge in [0.2, 0.25) is 0 Å². The Morgan fingerprint density at radius 2 is 2.54 bits per heavy atom. The van der Waals surface area contributed by atoms with Gasteiger partial charge in [0.1, 0.15) is 6.26 Å². The summed E-state index contributed by atoms with van der Waals surface area (Å²) in [4.78, 5) is 4.36. The second kappa shape index (κ2) is 3.89. The molecule has 1 aromatic rings. The van der Waals surface area contributed by atoms with Crippen molar-refractivity contribution in [3.8, 4) is 0 Å². The third-order valence-electron chi connectivity index (χ3n) is 2.28. The summed E-state index contributed by atoms with van der Waals surface area (Å²) >= 11 is 0. The molecule has 0 saturated carbocycles. The first kappa shape index (κ1) is 8.72. The molecule has 1 fully saturated rings. The highest BCUT2D eigenvalue weighted by Crippen LogP contribution is 2.24. The van der Waals surface area contributed by atoms with Crippen LogP contribution in [0.25, 0.3) is 0 Å². The summed E-state index contributed by atoms with van der Waals surface area (Å²) in [7, 11) is 0. The van der Waals surface area contributed by atoms with Crippen LogP contribution in [0, 0.1) is 0 Å². The molecule has 1 unspecified atom stereocenters. The molecule has 0 amide bonds. The number of hydrogen-bond acceptors (Lipinski definition) is 4. The average Bonchev–Trinajstić information content (AvgIpc) is 2.70. The van der Waals surface area contributed by atoms with Gasteiger partial charge in [-0.15, -0.1) is 0 Å². The fourth-order valence-electron chi connectivity index (χ4n) is 1.52. The predicted molar refractivity (Wildman–Crippen MR) is 47.4 cm³/mol. The van der Waals surface area contributed by atoms with E-state index < -0.39 is 0 Å². The molecule has 4 nitrogen and oxygen atoms in total. The van der Waals surface area contributed by atoms with Crippen LogP contribution in [0.15, 0.2) is 10.7 Å². The van der Waals surface area contributed by atoms with Gasteiger partial charge in [-0.05, 0) is 6.42 Å². The second-order valence-electron chi connectivity index (χ2n) is 3.27. The van der Waals surface area contributed by atoms with Crippen molar-refractivity contribution in [2.45, 2.75) is 18.8 Å². The van der Waals surface area contributed by atoms with Crippen molar-refractivity contribution in [1.82, 2.24) is 4.98 Å². The van der Waals surface area contributed by atoms with Gasteiger partial charge in [0, 0.05) is 25.5 Å². The minimum absolute atomic E-state index is 0.426. The molecule has 1 aromatic heterocycles. The molecule has 2 rings (SSSR count). The minimum Gasteiger partial charge on any atom is -0.449 e. The largest absolute Gasteiger partial charge is 0.449 e. The number of nitrogens with zero attached hydrogens (tertiary/aromatic N) is 1. The quantitative estimate of drug-likeness (QED) is 0.746. The Labute approximate surface area is 77.1 Å². The average molecular weight is 182 g/mol. The molecule has 2 N–H and O–H groups in total. The fraction of sp³-hybridized carbons (Fsp3) is 0.667. The zero-order chi connectivity index (χ0) is 9.10. The lowest BCUT2D eigenvalue weighted by molar-refractivity contribution is 0.193. The van der Waals surface area contributed by atoms with Crippen LogP contribution in [0.2, 0.25) is 0 Å². The topological polar surface area (TPSA) is 61.3 Å². The van der Waals surface area contributed by atoms with Crippen LogP contribution in [0.5, 0.6) is 0 Å². The normalized spacial score (nSPS) is 22.4. The Kier molecular flexibility index (Phi) is 2.61. The summed E-state index contributed by atoms with van der Waals surface area (Å²) in [6.45, 7) is 2.19. The zero-order valence-electron chi connectivity index (χ0n) is 7.53. The van der Waals surface area contributed by atoms with E-state index in [-0.39, 0.29) is 0 Å². The lowest BCUT2D eigenvalue weighted by atomic mass is 10.1. The SMILES string of the molecule is NCCc1nc(C2CCOC2)co1. The lowest BCUT2D eigenvalue weighted by Crippen LogP contribution is -2.03. The second-order valence-corrected chi connectivity index (χ2v) is 3.27.